The molecule has 0 saturated heterocycles. The monoisotopic (exact) mass is 366 g/mol. The van der Waals surface area contributed by atoms with Gasteiger partial charge in [0.2, 0.25) is 0 Å². The molecule has 20 heavy (non-hydrogen) atoms. The highest BCUT2D eigenvalue weighted by Crippen LogP contribution is 2.31. The van der Waals surface area contributed by atoms with Crippen molar-refractivity contribution in [2.45, 2.75) is 63.7 Å². The molecular weight excluding hydrogens is 346 g/mol. The molecule has 1 aromatic rings. The zero-order chi connectivity index (χ0) is 15.0. The van der Waals surface area contributed by atoms with Crippen LogP contribution in [0, 0.1) is 11.6 Å². The quantitative estimate of drug-likeness (QED) is 0.247. The van der Waals surface area contributed by atoms with Gasteiger partial charge >= 0.3 is 0 Å². The van der Waals surface area contributed by atoms with Crippen molar-refractivity contribution in [1.29, 1.82) is 0 Å². The standard InChI is InChI=1S/C16H22BrClF2/c1-2-3-4-5-6-7-8-9-14(18)12-10-16(20)13(17)11-15(12)19/h10-11,14H,2-9H2,1H3. The Labute approximate surface area is 134 Å². The average molecular weight is 368 g/mol. The van der Waals surface area contributed by atoms with Gasteiger partial charge in [-0.3, -0.25) is 0 Å². The van der Waals surface area contributed by atoms with Crippen molar-refractivity contribution in [1.82, 2.24) is 0 Å². The molecule has 0 amide bonds. The molecule has 0 N–H and O–H groups in total. The average Bonchev–Trinajstić information content (AvgIpc) is 2.41. The maximum absolute atomic E-state index is 13.7. The van der Waals surface area contributed by atoms with Crippen molar-refractivity contribution in [3.63, 3.8) is 0 Å². The fourth-order valence-corrected chi connectivity index (χ4v) is 2.85. The maximum atomic E-state index is 13.7. The maximum Gasteiger partial charge on any atom is 0.137 e. The SMILES string of the molecule is CCCCCCCCCC(Cl)c1cc(F)c(Br)cc1F. The zero-order valence-electron chi connectivity index (χ0n) is 11.9. The first-order chi connectivity index (χ1) is 9.56. The van der Waals surface area contributed by atoms with E-state index in [4.69, 9.17) is 11.6 Å². The molecule has 0 spiro atoms. The topological polar surface area (TPSA) is 0 Å². The Kier molecular flexibility index (Phi) is 8.70. The van der Waals surface area contributed by atoms with Crippen LogP contribution in [0.5, 0.6) is 0 Å². The molecule has 0 heterocycles. The summed E-state index contributed by atoms with van der Waals surface area (Å²) in [4.78, 5) is 0. The zero-order valence-corrected chi connectivity index (χ0v) is 14.2. The first-order valence-corrected chi connectivity index (χ1v) is 8.57. The van der Waals surface area contributed by atoms with Gasteiger partial charge in [0.05, 0.1) is 9.85 Å². The Hall–Kier alpha value is -0.150. The van der Waals surface area contributed by atoms with Gasteiger partial charge < -0.3 is 0 Å². The van der Waals surface area contributed by atoms with Gasteiger partial charge in [-0.2, -0.15) is 0 Å². The molecule has 0 nitrogen and oxygen atoms in total. The van der Waals surface area contributed by atoms with Crippen LogP contribution in [0.2, 0.25) is 0 Å². The Morgan fingerprint density at radius 2 is 1.60 bits per heavy atom. The minimum atomic E-state index is -0.466. The van der Waals surface area contributed by atoms with Gasteiger partial charge in [-0.25, -0.2) is 8.78 Å². The molecule has 0 aliphatic carbocycles. The predicted octanol–water partition coefficient (Wildman–Crippen LogP) is 7.15. The third-order valence-corrected chi connectivity index (χ3v) is 4.50. The van der Waals surface area contributed by atoms with E-state index in [-0.39, 0.29) is 10.0 Å². The molecule has 1 unspecified atom stereocenters. The van der Waals surface area contributed by atoms with Crippen LogP contribution in [0.1, 0.15) is 69.2 Å². The molecule has 1 aromatic carbocycles. The van der Waals surface area contributed by atoms with Crippen LogP contribution in [0.4, 0.5) is 8.78 Å². The van der Waals surface area contributed by atoms with Crippen molar-refractivity contribution in [2.24, 2.45) is 0 Å². The molecule has 4 heteroatoms. The van der Waals surface area contributed by atoms with E-state index in [1.54, 1.807) is 0 Å². The Morgan fingerprint density at radius 1 is 1.00 bits per heavy atom. The summed E-state index contributed by atoms with van der Waals surface area (Å²) in [6.45, 7) is 2.20. The summed E-state index contributed by atoms with van der Waals surface area (Å²) in [5.74, 6) is -0.909. The first kappa shape index (κ1) is 17.9. The summed E-state index contributed by atoms with van der Waals surface area (Å²) in [7, 11) is 0. The van der Waals surface area contributed by atoms with Gasteiger partial charge in [0.25, 0.3) is 0 Å². The van der Waals surface area contributed by atoms with E-state index in [0.717, 1.165) is 18.9 Å². The van der Waals surface area contributed by atoms with Crippen molar-refractivity contribution >= 4 is 27.5 Å². The fraction of sp³-hybridized carbons (Fsp3) is 0.625. The van der Waals surface area contributed by atoms with Gasteiger partial charge in [0.1, 0.15) is 11.6 Å². The van der Waals surface area contributed by atoms with Gasteiger partial charge in [0, 0.05) is 5.56 Å². The number of rotatable bonds is 9. The third-order valence-electron chi connectivity index (χ3n) is 3.44. The summed E-state index contributed by atoms with van der Waals surface area (Å²) < 4.78 is 27.3. The highest BCUT2D eigenvalue weighted by Gasteiger charge is 2.15. The van der Waals surface area contributed by atoms with Crippen LogP contribution < -0.4 is 0 Å². The lowest BCUT2D eigenvalue weighted by Crippen LogP contribution is -1.97. The minimum Gasteiger partial charge on any atom is -0.207 e. The number of halogens is 4. The minimum absolute atomic E-state index is 0.138. The molecule has 1 rings (SSSR count). The number of hydrogen-bond acceptors (Lipinski definition) is 0. The summed E-state index contributed by atoms with van der Waals surface area (Å²) in [5.41, 5.74) is 0.262. The second kappa shape index (κ2) is 9.73. The fourth-order valence-electron chi connectivity index (χ4n) is 2.21. The van der Waals surface area contributed by atoms with Gasteiger partial charge in [0.15, 0.2) is 0 Å². The number of alkyl halides is 1. The van der Waals surface area contributed by atoms with E-state index in [1.807, 2.05) is 0 Å². The van der Waals surface area contributed by atoms with Crippen LogP contribution in [-0.4, -0.2) is 0 Å². The molecule has 0 radical (unpaired) electrons. The lowest BCUT2D eigenvalue weighted by atomic mass is 10.0. The molecule has 0 aliphatic rings. The van der Waals surface area contributed by atoms with E-state index in [0.29, 0.717) is 6.42 Å². The highest BCUT2D eigenvalue weighted by atomic mass is 79.9. The molecule has 1 atom stereocenters. The van der Waals surface area contributed by atoms with Crippen molar-refractivity contribution < 1.29 is 8.78 Å². The highest BCUT2D eigenvalue weighted by molar-refractivity contribution is 9.10. The third kappa shape index (κ3) is 6.09. The van der Waals surface area contributed by atoms with E-state index in [9.17, 15) is 8.78 Å². The van der Waals surface area contributed by atoms with Gasteiger partial charge in [-0.05, 0) is 34.5 Å². The first-order valence-electron chi connectivity index (χ1n) is 7.34. The van der Waals surface area contributed by atoms with Crippen LogP contribution in [-0.2, 0) is 0 Å². The van der Waals surface area contributed by atoms with Gasteiger partial charge in [-0.15, -0.1) is 11.6 Å². The van der Waals surface area contributed by atoms with Crippen molar-refractivity contribution in [2.75, 3.05) is 0 Å². The van der Waals surface area contributed by atoms with Crippen molar-refractivity contribution in [3.8, 4) is 0 Å². The normalized spacial score (nSPS) is 12.7. The smallest absolute Gasteiger partial charge is 0.137 e. The second-order valence-corrected chi connectivity index (χ2v) is 6.55. The van der Waals surface area contributed by atoms with E-state index >= 15 is 0 Å². The van der Waals surface area contributed by atoms with Crippen molar-refractivity contribution in [3.05, 3.63) is 33.8 Å². The molecule has 0 bridgehead atoms. The molecule has 0 fully saturated rings. The van der Waals surface area contributed by atoms with E-state index in [1.165, 1.54) is 38.2 Å². The van der Waals surface area contributed by atoms with E-state index in [2.05, 4.69) is 22.9 Å². The molecular formula is C16H22BrClF2. The lowest BCUT2D eigenvalue weighted by Gasteiger charge is -2.11. The van der Waals surface area contributed by atoms with Crippen LogP contribution in [0.15, 0.2) is 16.6 Å². The predicted molar refractivity (Wildman–Crippen MR) is 85.3 cm³/mol. The Morgan fingerprint density at radius 3 is 2.25 bits per heavy atom. The summed E-state index contributed by atoms with van der Waals surface area (Å²) in [6, 6.07) is 2.34. The number of hydrogen-bond donors (Lipinski definition) is 0. The molecule has 0 aliphatic heterocycles. The van der Waals surface area contributed by atoms with E-state index < -0.39 is 17.0 Å². The molecule has 114 valence electrons. The van der Waals surface area contributed by atoms with Crippen LogP contribution in [0.25, 0.3) is 0 Å². The second-order valence-electron chi connectivity index (χ2n) is 5.17. The Bertz CT molecular complexity index is 410. The largest absolute Gasteiger partial charge is 0.207 e. The Balaban J connectivity index is 2.32. The van der Waals surface area contributed by atoms with Crippen LogP contribution >= 0.6 is 27.5 Å². The summed E-state index contributed by atoms with van der Waals surface area (Å²) in [6.07, 6.45) is 9.02. The molecule has 0 saturated carbocycles. The molecule has 0 aromatic heterocycles. The number of unbranched alkanes of at least 4 members (excludes halogenated alkanes) is 6. The summed E-state index contributed by atoms with van der Waals surface area (Å²) >= 11 is 9.14. The van der Waals surface area contributed by atoms with Crippen LogP contribution in [0.3, 0.4) is 0 Å². The lowest BCUT2D eigenvalue weighted by molar-refractivity contribution is 0.550. The summed E-state index contributed by atoms with van der Waals surface area (Å²) in [5, 5.41) is -0.451. The van der Waals surface area contributed by atoms with Gasteiger partial charge in [-0.1, -0.05) is 51.9 Å². The number of benzene rings is 1.